The molecule has 0 unspecified atom stereocenters. The number of hydrogen-bond donors (Lipinski definition) is 8. The number of hydrogen-bond acceptors (Lipinski definition) is 14. The molecule has 0 spiro atoms. The van der Waals surface area contributed by atoms with Gasteiger partial charge in [-0.1, -0.05) is 11.6 Å². The summed E-state index contributed by atoms with van der Waals surface area (Å²) in [5.74, 6) is 0.261. The number of nitrogen functional groups attached to an aromatic ring is 2. The van der Waals surface area contributed by atoms with Gasteiger partial charge in [0.1, 0.15) is 0 Å². The molecule has 0 atom stereocenters. The van der Waals surface area contributed by atoms with E-state index in [0.717, 1.165) is 0 Å². The average molecular weight is 1060 g/mol. The molecule has 6 aromatic heterocycles. The normalized spacial score (nSPS) is 9.04. The van der Waals surface area contributed by atoms with E-state index in [0.29, 0.717) is 35.4 Å². The van der Waals surface area contributed by atoms with Gasteiger partial charge in [0.25, 0.3) is 11.1 Å². The molecule has 20 N–H and O–H groups in total. The van der Waals surface area contributed by atoms with Gasteiger partial charge in [0.2, 0.25) is 23.3 Å². The number of fused-ring (bicyclic) bond motifs is 2. The van der Waals surface area contributed by atoms with Gasteiger partial charge < -0.3 is 75.8 Å². The molecule has 0 aliphatic carbocycles. The number of aromatic amines is 2. The molecule has 280 valence electrons. The van der Waals surface area contributed by atoms with Crippen LogP contribution in [0.3, 0.4) is 0 Å². The first-order valence-electron chi connectivity index (χ1n) is 12.8. The van der Waals surface area contributed by atoms with Gasteiger partial charge in [-0.05, 0) is 26.0 Å². The Kier molecular flexibility index (Phi) is 24.1. The molecular weight excluding hydrogens is 1020 g/mol. The van der Waals surface area contributed by atoms with Crippen molar-refractivity contribution in [2.75, 3.05) is 11.5 Å². The van der Waals surface area contributed by atoms with Gasteiger partial charge >= 0.3 is 42.1 Å². The second-order valence-corrected chi connectivity index (χ2v) is 8.72. The van der Waals surface area contributed by atoms with Crippen molar-refractivity contribution in [3.05, 3.63) is 90.3 Å². The summed E-state index contributed by atoms with van der Waals surface area (Å²) in [5, 5.41) is 0. The Hall–Kier alpha value is -5.12. The molecule has 0 aromatic carbocycles. The summed E-state index contributed by atoms with van der Waals surface area (Å²) in [6, 6.07) is 2.92. The largest absolute Gasteiger partial charge is 2.00 e. The number of nitrogens with zero attached hydrogens (tertiary/aromatic N) is 10. The van der Waals surface area contributed by atoms with E-state index in [4.69, 9.17) is 22.9 Å². The molecule has 0 saturated carbocycles. The molecule has 0 amide bonds. The Bertz CT molecular complexity index is 1980. The van der Waals surface area contributed by atoms with Crippen LogP contribution in [0, 0.1) is 0 Å². The van der Waals surface area contributed by atoms with Gasteiger partial charge in [-0.15, -0.1) is 0 Å². The molecule has 0 radical (unpaired) electrons. The molecule has 0 saturated heterocycles. The molecule has 6 aromatic rings. The van der Waals surface area contributed by atoms with Crippen molar-refractivity contribution in [1.82, 2.24) is 73.6 Å². The maximum atomic E-state index is 11.3. The zero-order chi connectivity index (χ0) is 32.6. The van der Waals surface area contributed by atoms with Crippen molar-refractivity contribution in [2.24, 2.45) is 14.1 Å². The molecule has 50 heavy (non-hydrogen) atoms. The number of H-pyrrole nitrogens is 2. The van der Waals surface area contributed by atoms with Crippen LogP contribution in [0.5, 0.6) is 0 Å². The molecule has 0 aliphatic heterocycles. The minimum atomic E-state index is -0.387. The fourth-order valence-corrected chi connectivity index (χ4v) is 3.34. The predicted molar refractivity (Wildman–Crippen MR) is 179 cm³/mol. The second-order valence-electron chi connectivity index (χ2n) is 8.72. The molecule has 0 bridgehead atoms. The zero-order valence-electron chi connectivity index (χ0n) is 27.6. The van der Waals surface area contributed by atoms with E-state index in [2.05, 4.69) is 39.9 Å². The van der Waals surface area contributed by atoms with Crippen molar-refractivity contribution in [3.63, 3.8) is 0 Å². The third-order valence-corrected chi connectivity index (χ3v) is 5.62. The van der Waals surface area contributed by atoms with Crippen LogP contribution in [0.15, 0.2) is 56.4 Å². The van der Waals surface area contributed by atoms with E-state index in [9.17, 15) is 19.2 Å². The standard InChI is InChI=1S/2C7H9N5O.2C5H7N3O.4H3N.2Pt/c2*1-2-12-3-9-4-5(12)10-7(8)11-6(4)13;2*1-8-3-2-4(6)7-5(8)9;;;;;;/h2*3H,2H2,1H3,(H3,8,10,11,13);2*2-3H,1H3,(H2,6,7,9);4*1H3;;/q;;;;;;;;2*+2/p-2. The Morgan fingerprint density at radius 3 is 1.26 bits per heavy atom. The number of nitrogens with two attached hydrogens (primary N) is 2. The first-order valence-corrected chi connectivity index (χ1v) is 12.8. The smallest absolute Gasteiger partial charge is 0.482 e. The van der Waals surface area contributed by atoms with Gasteiger partial charge in [0.15, 0.2) is 22.3 Å². The summed E-state index contributed by atoms with van der Waals surface area (Å²) in [7, 11) is 3.18. The Labute approximate surface area is 312 Å². The predicted octanol–water partition coefficient (Wildman–Crippen LogP) is -0.889. The van der Waals surface area contributed by atoms with E-state index < -0.39 is 0 Å². The van der Waals surface area contributed by atoms with E-state index in [-0.39, 0.29) is 113 Å². The topological polar surface area (TPSA) is 437 Å². The average Bonchev–Trinajstić information content (AvgIpc) is 3.58. The number of anilines is 2. The summed E-state index contributed by atoms with van der Waals surface area (Å²) < 4.78 is 6.16. The van der Waals surface area contributed by atoms with Gasteiger partial charge in [-0.3, -0.25) is 29.1 Å². The molecular formula is C24H42N20O4Pt2+2. The minimum absolute atomic E-state index is 0. The van der Waals surface area contributed by atoms with E-state index in [1.165, 1.54) is 33.7 Å². The molecule has 24 nitrogen and oxygen atoms in total. The maximum absolute atomic E-state index is 11.3. The second kappa shape index (κ2) is 23.3. The summed E-state index contributed by atoms with van der Waals surface area (Å²) in [6.45, 7) is 5.32. The van der Waals surface area contributed by atoms with Crippen LogP contribution in [0.2, 0.25) is 0 Å². The number of rotatable bonds is 2. The molecule has 26 heteroatoms. The van der Waals surface area contributed by atoms with Crippen molar-refractivity contribution in [3.8, 4) is 0 Å². The first kappa shape index (κ1) is 51.7. The summed E-state index contributed by atoms with van der Waals surface area (Å²) in [6.07, 6.45) is 6.17. The van der Waals surface area contributed by atoms with Crippen molar-refractivity contribution in [1.29, 1.82) is 0 Å². The number of aromatic nitrogens is 12. The third-order valence-electron chi connectivity index (χ3n) is 5.62. The summed E-state index contributed by atoms with van der Waals surface area (Å²) >= 11 is 0. The first-order chi connectivity index (χ1) is 20.8. The minimum Gasteiger partial charge on any atom is -0.482 e. The van der Waals surface area contributed by atoms with Gasteiger partial charge in [-0.25, -0.2) is 9.97 Å². The van der Waals surface area contributed by atoms with Crippen LogP contribution in [0.4, 0.5) is 23.5 Å². The monoisotopic (exact) mass is 1060 g/mol. The van der Waals surface area contributed by atoms with Crippen molar-refractivity contribution >= 4 is 45.9 Å². The van der Waals surface area contributed by atoms with Crippen LogP contribution >= 0.6 is 0 Å². The van der Waals surface area contributed by atoms with Crippen LogP contribution in [-0.2, 0) is 69.3 Å². The van der Waals surface area contributed by atoms with Crippen molar-refractivity contribution in [2.45, 2.75) is 26.9 Å². The number of aryl methyl sites for hydroxylation is 4. The SMILES string of the molecule is CC[n+]1c[n-]c2c(=O)[nH]c(N)nc21.CC[n+]1c[n-]c2c(=O)[nH]c(N)nc21.Cn1ccc([NH-])nc1=O.Cn1ccc([NH-])nc1=O.N.N.N.N.[Pt+2].[Pt+2]. The van der Waals surface area contributed by atoms with Crippen LogP contribution in [-0.4, -0.2) is 39.0 Å². The van der Waals surface area contributed by atoms with Gasteiger partial charge in [0, 0.05) is 39.6 Å². The molecule has 0 aliphatic rings. The molecule has 0 fully saturated rings. The van der Waals surface area contributed by atoms with Crippen LogP contribution < -0.4 is 77.7 Å². The summed E-state index contributed by atoms with van der Waals surface area (Å²) in [4.78, 5) is 71.0. The van der Waals surface area contributed by atoms with Gasteiger partial charge in [-0.2, -0.15) is 9.97 Å². The fourth-order valence-electron chi connectivity index (χ4n) is 3.34. The Morgan fingerprint density at radius 2 is 1.00 bits per heavy atom. The fraction of sp³-hybridized carbons (Fsp3) is 0.250. The summed E-state index contributed by atoms with van der Waals surface area (Å²) in [5.41, 5.74) is 25.0. The third kappa shape index (κ3) is 13.4. The maximum Gasteiger partial charge on any atom is 2.00 e. The quantitative estimate of drug-likeness (QED) is 0.0976. The van der Waals surface area contributed by atoms with Crippen molar-refractivity contribution < 1.29 is 51.3 Å². The number of imidazole rings is 2. The number of nitrogens with one attached hydrogen (secondary N) is 4. The molecule has 6 heterocycles. The van der Waals surface area contributed by atoms with E-state index >= 15 is 0 Å². The van der Waals surface area contributed by atoms with E-state index in [1.807, 2.05) is 13.8 Å². The zero-order valence-corrected chi connectivity index (χ0v) is 32.1. The Morgan fingerprint density at radius 1 is 0.680 bits per heavy atom. The Balaban J connectivity index is -0.000000275. The van der Waals surface area contributed by atoms with E-state index in [1.54, 1.807) is 35.9 Å². The van der Waals surface area contributed by atoms with Crippen LogP contribution in [0.1, 0.15) is 13.8 Å². The van der Waals surface area contributed by atoms with Crippen LogP contribution in [0.25, 0.3) is 33.8 Å². The van der Waals surface area contributed by atoms with Gasteiger partial charge in [0.05, 0.1) is 12.7 Å². The molecule has 6 rings (SSSR count).